The monoisotopic (exact) mass is 304 g/mol. The molecule has 1 N–H and O–H groups in total. The Morgan fingerprint density at radius 2 is 2.18 bits per heavy atom. The van der Waals surface area contributed by atoms with Crippen LogP contribution in [0.25, 0.3) is 0 Å². The van der Waals surface area contributed by atoms with E-state index in [1.54, 1.807) is 9.36 Å². The fourth-order valence-electron chi connectivity index (χ4n) is 3.02. The first-order valence-electron chi connectivity index (χ1n) is 7.81. The Morgan fingerprint density at radius 3 is 2.82 bits per heavy atom. The number of likely N-dealkylation sites (tertiary alicyclic amines) is 1. The molecule has 7 heteroatoms. The Balaban J connectivity index is 1.72. The maximum absolute atomic E-state index is 11.0. The van der Waals surface area contributed by atoms with Gasteiger partial charge in [-0.1, -0.05) is 5.21 Å². The standard InChI is InChI=1S/C15H24N6O/c1-12(2)21-10-14(17-18-21)15(22)5-4-6-20(11-15)9-13-7-16-19(3)8-13/h7-8,10,12,22H,4-6,9,11H2,1-3H3. The molecule has 1 atom stereocenters. The molecule has 0 radical (unpaired) electrons. The van der Waals surface area contributed by atoms with E-state index in [0.717, 1.165) is 31.5 Å². The highest BCUT2D eigenvalue weighted by Crippen LogP contribution is 2.31. The summed E-state index contributed by atoms with van der Waals surface area (Å²) >= 11 is 0. The summed E-state index contributed by atoms with van der Waals surface area (Å²) in [5.74, 6) is 0. The number of β-amino-alcohol motifs (C(OH)–C–C–N with tert-alkyl or cyclic N) is 1. The van der Waals surface area contributed by atoms with E-state index in [-0.39, 0.29) is 6.04 Å². The normalized spacial score (nSPS) is 23.3. The van der Waals surface area contributed by atoms with E-state index in [2.05, 4.69) is 34.2 Å². The molecule has 22 heavy (non-hydrogen) atoms. The van der Waals surface area contributed by atoms with Crippen LogP contribution in [0.4, 0.5) is 0 Å². The van der Waals surface area contributed by atoms with Crippen molar-refractivity contribution in [1.29, 1.82) is 0 Å². The van der Waals surface area contributed by atoms with Gasteiger partial charge in [0.15, 0.2) is 0 Å². The van der Waals surface area contributed by atoms with E-state index in [1.165, 1.54) is 0 Å². The Morgan fingerprint density at radius 1 is 1.36 bits per heavy atom. The summed E-state index contributed by atoms with van der Waals surface area (Å²) < 4.78 is 3.60. The van der Waals surface area contributed by atoms with Gasteiger partial charge >= 0.3 is 0 Å². The van der Waals surface area contributed by atoms with Crippen LogP contribution in [0.2, 0.25) is 0 Å². The molecule has 1 unspecified atom stereocenters. The minimum absolute atomic E-state index is 0.250. The van der Waals surface area contributed by atoms with E-state index in [9.17, 15) is 5.11 Å². The second-order valence-corrected chi connectivity index (χ2v) is 6.55. The molecule has 0 saturated carbocycles. The molecule has 7 nitrogen and oxygen atoms in total. The third-order valence-corrected chi connectivity index (χ3v) is 4.23. The van der Waals surface area contributed by atoms with Crippen molar-refractivity contribution in [3.8, 4) is 0 Å². The van der Waals surface area contributed by atoms with Crippen LogP contribution in [0, 0.1) is 0 Å². The third-order valence-electron chi connectivity index (χ3n) is 4.23. The molecule has 0 amide bonds. The first-order chi connectivity index (χ1) is 10.5. The molecule has 0 spiro atoms. The van der Waals surface area contributed by atoms with Crippen molar-refractivity contribution in [2.45, 2.75) is 44.9 Å². The first kappa shape index (κ1) is 15.2. The topological polar surface area (TPSA) is 72.0 Å². The van der Waals surface area contributed by atoms with Crippen molar-refractivity contribution in [3.05, 3.63) is 29.8 Å². The maximum atomic E-state index is 11.0. The molecule has 1 saturated heterocycles. The average Bonchev–Trinajstić information content (AvgIpc) is 3.08. The molecule has 3 rings (SSSR count). The Kier molecular flexibility index (Phi) is 4.01. The van der Waals surface area contributed by atoms with Gasteiger partial charge in [0.1, 0.15) is 11.3 Å². The lowest BCUT2D eigenvalue weighted by atomic mass is 9.90. The molecule has 0 bridgehead atoms. The highest BCUT2D eigenvalue weighted by Gasteiger charge is 2.37. The van der Waals surface area contributed by atoms with Gasteiger partial charge in [-0.25, -0.2) is 4.68 Å². The zero-order chi connectivity index (χ0) is 15.7. The van der Waals surface area contributed by atoms with Gasteiger partial charge in [-0.05, 0) is 33.2 Å². The zero-order valence-corrected chi connectivity index (χ0v) is 13.5. The van der Waals surface area contributed by atoms with E-state index in [4.69, 9.17) is 0 Å². The highest BCUT2D eigenvalue weighted by atomic mass is 16.3. The van der Waals surface area contributed by atoms with Gasteiger partial charge in [0.05, 0.1) is 12.4 Å². The molecule has 1 aliphatic rings. The van der Waals surface area contributed by atoms with Crippen molar-refractivity contribution in [2.24, 2.45) is 7.05 Å². The molecule has 0 aromatic carbocycles. The Hall–Kier alpha value is -1.73. The van der Waals surface area contributed by atoms with E-state index in [1.807, 2.05) is 25.6 Å². The lowest BCUT2D eigenvalue weighted by Crippen LogP contribution is -2.45. The summed E-state index contributed by atoms with van der Waals surface area (Å²) in [5, 5.41) is 23.5. The average molecular weight is 304 g/mol. The first-order valence-corrected chi connectivity index (χ1v) is 7.81. The molecule has 3 heterocycles. The number of hydrogen-bond donors (Lipinski definition) is 1. The van der Waals surface area contributed by atoms with Crippen LogP contribution in [0.15, 0.2) is 18.6 Å². The van der Waals surface area contributed by atoms with E-state index < -0.39 is 5.60 Å². The second-order valence-electron chi connectivity index (χ2n) is 6.55. The molecular formula is C15H24N6O. The van der Waals surface area contributed by atoms with Crippen LogP contribution in [0.3, 0.4) is 0 Å². The van der Waals surface area contributed by atoms with Gasteiger partial charge in [0.2, 0.25) is 0 Å². The van der Waals surface area contributed by atoms with Crippen molar-refractivity contribution < 1.29 is 5.11 Å². The number of aromatic nitrogens is 5. The minimum Gasteiger partial charge on any atom is -0.382 e. The molecule has 1 fully saturated rings. The number of nitrogens with zero attached hydrogens (tertiary/aromatic N) is 6. The zero-order valence-electron chi connectivity index (χ0n) is 13.5. The van der Waals surface area contributed by atoms with Crippen molar-refractivity contribution in [3.63, 3.8) is 0 Å². The molecule has 1 aliphatic heterocycles. The van der Waals surface area contributed by atoms with Gasteiger partial charge in [-0.2, -0.15) is 5.10 Å². The smallest absolute Gasteiger partial charge is 0.123 e. The predicted octanol–water partition coefficient (Wildman–Crippen LogP) is 1.08. The lowest BCUT2D eigenvalue weighted by molar-refractivity contribution is -0.0414. The van der Waals surface area contributed by atoms with Gasteiger partial charge < -0.3 is 5.11 Å². The fourth-order valence-corrected chi connectivity index (χ4v) is 3.02. The summed E-state index contributed by atoms with van der Waals surface area (Å²) in [6.45, 7) is 6.47. The largest absolute Gasteiger partial charge is 0.382 e. The number of piperidine rings is 1. The SMILES string of the molecule is CC(C)n1cc(C2(O)CCCN(Cc3cnn(C)c3)C2)nn1. The summed E-state index contributed by atoms with van der Waals surface area (Å²) in [6.07, 6.45) is 7.45. The number of aryl methyl sites for hydroxylation is 1. The van der Waals surface area contributed by atoms with Gasteiger partial charge in [-0.15, -0.1) is 5.10 Å². The summed E-state index contributed by atoms with van der Waals surface area (Å²) in [7, 11) is 1.92. The summed E-state index contributed by atoms with van der Waals surface area (Å²) in [4.78, 5) is 2.26. The van der Waals surface area contributed by atoms with Crippen molar-refractivity contribution in [1.82, 2.24) is 29.7 Å². The minimum atomic E-state index is -0.909. The fraction of sp³-hybridized carbons (Fsp3) is 0.667. The summed E-state index contributed by atoms with van der Waals surface area (Å²) in [6, 6.07) is 0.250. The second kappa shape index (κ2) is 5.81. The van der Waals surface area contributed by atoms with Gasteiger partial charge in [0.25, 0.3) is 0 Å². The van der Waals surface area contributed by atoms with Crippen molar-refractivity contribution in [2.75, 3.05) is 13.1 Å². The van der Waals surface area contributed by atoms with E-state index >= 15 is 0 Å². The van der Waals surface area contributed by atoms with Crippen LogP contribution in [0.1, 0.15) is 44.0 Å². The van der Waals surface area contributed by atoms with Crippen LogP contribution in [-0.4, -0.2) is 47.9 Å². The molecule has 0 aliphatic carbocycles. The Bertz CT molecular complexity index is 634. The van der Waals surface area contributed by atoms with E-state index in [0.29, 0.717) is 12.2 Å². The van der Waals surface area contributed by atoms with Crippen LogP contribution in [-0.2, 0) is 19.2 Å². The predicted molar refractivity (Wildman–Crippen MR) is 82.0 cm³/mol. The van der Waals surface area contributed by atoms with Gasteiger partial charge in [0, 0.05) is 37.9 Å². The number of aliphatic hydroxyl groups is 1. The maximum Gasteiger partial charge on any atom is 0.123 e. The lowest BCUT2D eigenvalue weighted by Gasteiger charge is -2.37. The van der Waals surface area contributed by atoms with Crippen LogP contribution in [0.5, 0.6) is 0 Å². The molecule has 2 aromatic heterocycles. The molecule has 120 valence electrons. The molecular weight excluding hydrogens is 280 g/mol. The number of hydrogen-bond acceptors (Lipinski definition) is 5. The quantitative estimate of drug-likeness (QED) is 0.915. The molecule has 2 aromatic rings. The Labute approximate surface area is 130 Å². The van der Waals surface area contributed by atoms with Gasteiger partial charge in [-0.3, -0.25) is 9.58 Å². The van der Waals surface area contributed by atoms with Crippen LogP contribution < -0.4 is 0 Å². The number of rotatable bonds is 4. The van der Waals surface area contributed by atoms with Crippen molar-refractivity contribution >= 4 is 0 Å². The van der Waals surface area contributed by atoms with Crippen LogP contribution >= 0.6 is 0 Å². The highest BCUT2D eigenvalue weighted by molar-refractivity contribution is 5.11. The summed E-state index contributed by atoms with van der Waals surface area (Å²) in [5.41, 5.74) is 0.933. The third kappa shape index (κ3) is 3.05.